The predicted molar refractivity (Wildman–Crippen MR) is 144 cm³/mol. The number of aliphatic imine (C=N–C) groups is 1. The minimum absolute atomic E-state index is 0.203. The number of anilines is 1. The average Bonchev–Trinajstić information content (AvgIpc) is 3.44. The van der Waals surface area contributed by atoms with Crippen molar-refractivity contribution in [1.82, 2.24) is 25.3 Å². The molecule has 0 radical (unpaired) electrons. The van der Waals surface area contributed by atoms with Gasteiger partial charge in [-0.1, -0.05) is 6.07 Å². The number of aromatic nitrogens is 4. The van der Waals surface area contributed by atoms with E-state index in [0.29, 0.717) is 41.5 Å². The van der Waals surface area contributed by atoms with Gasteiger partial charge in [0, 0.05) is 42.0 Å². The van der Waals surface area contributed by atoms with Crippen LogP contribution in [0.15, 0.2) is 65.8 Å². The molecule has 6 rings (SSSR count). The molecule has 9 nitrogen and oxygen atoms in total. The first-order chi connectivity index (χ1) is 18.0. The van der Waals surface area contributed by atoms with Gasteiger partial charge in [0.15, 0.2) is 0 Å². The van der Waals surface area contributed by atoms with Crippen LogP contribution in [0.2, 0.25) is 0 Å². The van der Waals surface area contributed by atoms with E-state index in [4.69, 9.17) is 4.74 Å². The summed E-state index contributed by atoms with van der Waals surface area (Å²) in [5.74, 6) is 1.08. The Labute approximate surface area is 213 Å². The number of rotatable bonds is 7. The molecule has 4 heterocycles. The molecule has 2 unspecified atom stereocenters. The molecule has 37 heavy (non-hydrogen) atoms. The minimum Gasteiger partial charge on any atom is -0.457 e. The van der Waals surface area contributed by atoms with E-state index in [1.165, 1.54) is 0 Å². The van der Waals surface area contributed by atoms with E-state index in [-0.39, 0.29) is 5.91 Å². The number of ether oxygens (including phenoxy) is 1. The first-order valence-corrected chi connectivity index (χ1v) is 12.3. The van der Waals surface area contributed by atoms with E-state index < -0.39 is 0 Å². The third-order valence-electron chi connectivity index (χ3n) is 6.56. The average molecular weight is 494 g/mol. The van der Waals surface area contributed by atoms with Crippen LogP contribution in [0.5, 0.6) is 11.5 Å². The summed E-state index contributed by atoms with van der Waals surface area (Å²) in [5.41, 5.74) is 5.69. The van der Waals surface area contributed by atoms with Gasteiger partial charge >= 0.3 is 0 Å². The largest absolute Gasteiger partial charge is 0.457 e. The zero-order valence-electron chi connectivity index (χ0n) is 20.8. The van der Waals surface area contributed by atoms with Crippen LogP contribution in [0.4, 0.5) is 5.69 Å². The maximum absolute atomic E-state index is 12.9. The third kappa shape index (κ3) is 4.56. The Hall–Kier alpha value is -4.50. The van der Waals surface area contributed by atoms with Gasteiger partial charge in [-0.25, -0.2) is 0 Å². The second kappa shape index (κ2) is 9.18. The van der Waals surface area contributed by atoms with Crippen molar-refractivity contribution in [2.45, 2.75) is 39.4 Å². The van der Waals surface area contributed by atoms with Crippen molar-refractivity contribution in [2.24, 2.45) is 4.99 Å². The lowest BCUT2D eigenvalue weighted by Gasteiger charge is -2.12. The Morgan fingerprint density at radius 1 is 1.14 bits per heavy atom. The van der Waals surface area contributed by atoms with Crippen LogP contribution in [0.3, 0.4) is 0 Å². The van der Waals surface area contributed by atoms with Crippen LogP contribution in [0, 0.1) is 13.8 Å². The number of H-pyrrole nitrogens is 1. The number of fused-ring (bicyclic) bond motifs is 2. The fourth-order valence-corrected chi connectivity index (χ4v) is 4.50. The molecular formula is C28H27N7O2. The van der Waals surface area contributed by atoms with Gasteiger partial charge in [-0.2, -0.15) is 10.2 Å². The molecule has 1 amide bonds. The monoisotopic (exact) mass is 493 g/mol. The van der Waals surface area contributed by atoms with E-state index in [1.807, 2.05) is 75.5 Å². The number of carbonyl (C=O) groups is 1. The number of hydrogen-bond donors (Lipinski definition) is 3. The van der Waals surface area contributed by atoms with E-state index in [0.717, 1.165) is 33.6 Å². The summed E-state index contributed by atoms with van der Waals surface area (Å²) in [4.78, 5) is 17.4. The molecule has 0 bridgehead atoms. The first-order valence-electron chi connectivity index (χ1n) is 12.3. The van der Waals surface area contributed by atoms with E-state index >= 15 is 0 Å². The number of hydrogen-bond acceptors (Lipinski definition) is 6. The van der Waals surface area contributed by atoms with Gasteiger partial charge < -0.3 is 10.1 Å². The molecule has 2 aromatic carbocycles. The van der Waals surface area contributed by atoms with Crippen LogP contribution >= 0.6 is 0 Å². The molecule has 186 valence electrons. The molecule has 0 saturated carbocycles. The second-order valence-corrected chi connectivity index (χ2v) is 9.23. The van der Waals surface area contributed by atoms with Crippen LogP contribution in [-0.4, -0.2) is 43.7 Å². The van der Waals surface area contributed by atoms with Crippen LogP contribution in [-0.2, 0) is 6.54 Å². The normalized spacial score (nSPS) is 18.2. The van der Waals surface area contributed by atoms with Gasteiger partial charge in [0.1, 0.15) is 17.2 Å². The fraction of sp³-hybridized carbons (Fsp3) is 0.214. The Morgan fingerprint density at radius 3 is 2.84 bits per heavy atom. The maximum atomic E-state index is 12.9. The topological polar surface area (TPSA) is 119 Å². The van der Waals surface area contributed by atoms with Crippen molar-refractivity contribution in [1.29, 1.82) is 0 Å². The highest BCUT2D eigenvalue weighted by Gasteiger charge is 2.38. The number of aromatic amines is 1. The second-order valence-electron chi connectivity index (χ2n) is 9.23. The SMILES string of the molecule is CCn1nc(C)cc1C(=O)Nc1cc(Oc2ccc3c(/C=C/C4=NC=CC5NC45)n[nH]c3c2)ccc1C. The summed E-state index contributed by atoms with van der Waals surface area (Å²) < 4.78 is 7.83. The lowest BCUT2D eigenvalue weighted by atomic mass is 10.1. The van der Waals surface area contributed by atoms with Crippen LogP contribution in [0.1, 0.15) is 34.4 Å². The Bertz CT molecular complexity index is 1610. The molecule has 2 aliphatic rings. The van der Waals surface area contributed by atoms with E-state index in [2.05, 4.69) is 37.0 Å². The van der Waals surface area contributed by atoms with E-state index in [1.54, 1.807) is 10.7 Å². The first kappa shape index (κ1) is 22.9. The molecule has 1 saturated heterocycles. The lowest BCUT2D eigenvalue weighted by Crippen LogP contribution is -2.17. The summed E-state index contributed by atoms with van der Waals surface area (Å²) in [7, 11) is 0. The lowest BCUT2D eigenvalue weighted by molar-refractivity contribution is 0.101. The smallest absolute Gasteiger partial charge is 0.273 e. The third-order valence-corrected chi connectivity index (χ3v) is 6.56. The highest BCUT2D eigenvalue weighted by Crippen LogP contribution is 2.30. The summed E-state index contributed by atoms with van der Waals surface area (Å²) >= 11 is 0. The standard InChI is InChI=1S/C28H27N7O2/c1-4-35-26(13-17(3)34-35)28(36)31-24-14-18(6-5-16(24)2)37-19-7-8-20-21(32-33-25(20)15-19)9-10-22-27-23(30-27)11-12-29-22/h5-15,23,27,30H,4H2,1-3H3,(H,31,36)(H,32,33)/b10-9+. The quantitative estimate of drug-likeness (QED) is 0.321. The minimum atomic E-state index is -0.203. The zero-order valence-corrected chi connectivity index (χ0v) is 20.8. The number of amides is 1. The number of aryl methyl sites for hydroxylation is 3. The molecular weight excluding hydrogens is 466 g/mol. The summed E-state index contributed by atoms with van der Waals surface area (Å²) in [6, 6.07) is 14.0. The highest BCUT2D eigenvalue weighted by molar-refractivity contribution is 6.06. The van der Waals surface area contributed by atoms with Gasteiger partial charge in [-0.05, 0) is 68.8 Å². The molecule has 2 aliphatic heterocycles. The highest BCUT2D eigenvalue weighted by atomic mass is 16.5. The molecule has 2 aromatic heterocycles. The predicted octanol–water partition coefficient (Wildman–Crippen LogP) is 4.76. The maximum Gasteiger partial charge on any atom is 0.273 e. The summed E-state index contributed by atoms with van der Waals surface area (Å²) in [6.07, 6.45) is 7.91. The van der Waals surface area contributed by atoms with Crippen molar-refractivity contribution in [3.8, 4) is 11.5 Å². The fourth-order valence-electron chi connectivity index (χ4n) is 4.50. The molecule has 0 spiro atoms. The van der Waals surface area contributed by atoms with Gasteiger partial charge in [0.05, 0.1) is 28.7 Å². The molecule has 1 fully saturated rings. The van der Waals surface area contributed by atoms with Crippen LogP contribution < -0.4 is 15.4 Å². The summed E-state index contributed by atoms with van der Waals surface area (Å²) in [6.45, 7) is 6.40. The number of nitrogens with one attached hydrogen (secondary N) is 3. The zero-order chi connectivity index (χ0) is 25.5. The number of benzene rings is 2. The van der Waals surface area contributed by atoms with Crippen molar-refractivity contribution in [2.75, 3.05) is 5.32 Å². The van der Waals surface area contributed by atoms with E-state index in [9.17, 15) is 4.79 Å². The molecule has 4 aromatic rings. The molecule has 2 atom stereocenters. The summed E-state index contributed by atoms with van der Waals surface area (Å²) in [5, 5.41) is 19.3. The number of carbonyl (C=O) groups excluding carboxylic acids is 1. The van der Waals surface area contributed by atoms with Crippen molar-refractivity contribution in [3.05, 3.63) is 83.5 Å². The van der Waals surface area contributed by atoms with Gasteiger partial charge in [-0.15, -0.1) is 0 Å². The van der Waals surface area contributed by atoms with Crippen molar-refractivity contribution < 1.29 is 9.53 Å². The molecule has 3 N–H and O–H groups in total. The number of nitrogens with zero attached hydrogens (tertiary/aromatic N) is 4. The van der Waals surface area contributed by atoms with Crippen LogP contribution in [0.25, 0.3) is 17.0 Å². The molecule has 0 aliphatic carbocycles. The van der Waals surface area contributed by atoms with Gasteiger partial charge in [0.25, 0.3) is 5.91 Å². The van der Waals surface area contributed by atoms with Crippen molar-refractivity contribution in [3.63, 3.8) is 0 Å². The Balaban J connectivity index is 1.18. The van der Waals surface area contributed by atoms with Crippen molar-refractivity contribution >= 4 is 34.3 Å². The Kier molecular flexibility index (Phi) is 5.69. The van der Waals surface area contributed by atoms with Gasteiger partial charge in [0.2, 0.25) is 0 Å². The molecule has 9 heteroatoms. The Morgan fingerprint density at radius 2 is 1.97 bits per heavy atom. The van der Waals surface area contributed by atoms with Gasteiger partial charge in [-0.3, -0.25) is 24.9 Å².